The van der Waals surface area contributed by atoms with Gasteiger partial charge in [-0.25, -0.2) is 5.53 Å². The second-order valence-electron chi connectivity index (χ2n) is 3.49. The van der Waals surface area contributed by atoms with E-state index in [0.29, 0.717) is 0 Å². The molecule has 0 saturated heterocycles. The summed E-state index contributed by atoms with van der Waals surface area (Å²) in [5.74, 6) is 0. The van der Waals surface area contributed by atoms with Crippen molar-refractivity contribution >= 4 is 16.5 Å². The monoisotopic (exact) mass is 280 g/mol. The van der Waals surface area contributed by atoms with Crippen molar-refractivity contribution < 1.29 is 0 Å². The first kappa shape index (κ1) is 18.6. The molecule has 0 aromatic heterocycles. The van der Waals surface area contributed by atoms with Gasteiger partial charge in [-0.15, -0.1) is 5.73 Å². The molecule has 3 rings (SSSR count). The van der Waals surface area contributed by atoms with E-state index in [9.17, 15) is 0 Å². The number of nitrogens with zero attached hydrogens (tertiary/aromatic N) is 1. The molecule has 0 spiro atoms. The SMILES string of the molecule is C1=CC=CC=1.CC.CC.N=Nc1cccc2ccccc12. The molecule has 0 saturated carbocycles. The summed E-state index contributed by atoms with van der Waals surface area (Å²) < 4.78 is 0. The maximum Gasteiger partial charge on any atom is 0.0928 e. The summed E-state index contributed by atoms with van der Waals surface area (Å²) in [4.78, 5) is 0. The Morgan fingerprint density at radius 1 is 0.810 bits per heavy atom. The molecule has 0 bridgehead atoms. The molecule has 0 radical (unpaired) electrons. The van der Waals surface area contributed by atoms with Gasteiger partial charge in [-0.3, -0.25) is 0 Å². The van der Waals surface area contributed by atoms with E-state index in [1.165, 1.54) is 0 Å². The quantitative estimate of drug-likeness (QED) is 0.439. The van der Waals surface area contributed by atoms with Crippen LogP contribution in [0.3, 0.4) is 0 Å². The molecule has 0 atom stereocenters. The van der Waals surface area contributed by atoms with Crippen LogP contribution in [-0.2, 0) is 0 Å². The molecule has 2 aromatic carbocycles. The van der Waals surface area contributed by atoms with Crippen molar-refractivity contribution in [2.45, 2.75) is 27.7 Å². The highest BCUT2D eigenvalue weighted by Crippen LogP contribution is 2.24. The molecule has 2 nitrogen and oxygen atoms in total. The van der Waals surface area contributed by atoms with Crippen molar-refractivity contribution in [3.8, 4) is 0 Å². The van der Waals surface area contributed by atoms with Gasteiger partial charge in [0.2, 0.25) is 0 Å². The molecule has 0 aliphatic heterocycles. The summed E-state index contributed by atoms with van der Waals surface area (Å²) in [5, 5.41) is 5.62. The van der Waals surface area contributed by atoms with Crippen molar-refractivity contribution in [2.75, 3.05) is 0 Å². The lowest BCUT2D eigenvalue weighted by Crippen LogP contribution is -1.70. The predicted octanol–water partition coefficient (Wildman–Crippen LogP) is 6.82. The highest BCUT2D eigenvalue weighted by atomic mass is 15.0. The van der Waals surface area contributed by atoms with Crippen LogP contribution in [0.5, 0.6) is 0 Å². The van der Waals surface area contributed by atoms with Crippen LogP contribution in [0.4, 0.5) is 5.69 Å². The summed E-state index contributed by atoms with van der Waals surface area (Å²) in [6.07, 6.45) is 7.64. The normalized spacial score (nSPS) is 9.71. The number of hydrogen-bond acceptors (Lipinski definition) is 2. The van der Waals surface area contributed by atoms with Gasteiger partial charge in [0.25, 0.3) is 0 Å². The zero-order valence-corrected chi connectivity index (χ0v) is 13.3. The number of benzene rings is 2. The van der Waals surface area contributed by atoms with Crippen molar-refractivity contribution in [3.63, 3.8) is 0 Å². The predicted molar refractivity (Wildman–Crippen MR) is 93.2 cm³/mol. The largest absolute Gasteiger partial charge is 0.204 e. The highest BCUT2D eigenvalue weighted by molar-refractivity contribution is 5.92. The lowest BCUT2D eigenvalue weighted by atomic mass is 10.1. The Hall–Kier alpha value is -2.44. The first-order valence-corrected chi connectivity index (χ1v) is 7.35. The van der Waals surface area contributed by atoms with Gasteiger partial charge in [0.15, 0.2) is 0 Å². The van der Waals surface area contributed by atoms with Crippen molar-refractivity contribution in [1.82, 2.24) is 0 Å². The van der Waals surface area contributed by atoms with Gasteiger partial charge in [-0.05, 0) is 23.6 Å². The lowest BCUT2D eigenvalue weighted by Gasteiger charge is -1.98. The minimum Gasteiger partial charge on any atom is -0.204 e. The van der Waals surface area contributed by atoms with Gasteiger partial charge in [0.1, 0.15) is 0 Å². The van der Waals surface area contributed by atoms with Crippen molar-refractivity contribution in [3.05, 3.63) is 72.5 Å². The number of rotatable bonds is 1. The molecule has 1 N–H and O–H groups in total. The van der Waals surface area contributed by atoms with Gasteiger partial charge in [-0.1, -0.05) is 76.2 Å². The number of nitrogens with one attached hydrogen (secondary N) is 1. The Morgan fingerprint density at radius 3 is 1.90 bits per heavy atom. The van der Waals surface area contributed by atoms with Crippen LogP contribution in [0, 0.1) is 5.53 Å². The Balaban J connectivity index is 0.000000372. The van der Waals surface area contributed by atoms with Crippen LogP contribution < -0.4 is 0 Å². The molecule has 2 heteroatoms. The minimum absolute atomic E-state index is 0.730. The van der Waals surface area contributed by atoms with Gasteiger partial charge in [0.05, 0.1) is 5.69 Å². The molecule has 21 heavy (non-hydrogen) atoms. The maximum atomic E-state index is 6.95. The molecular formula is C19H24N2. The van der Waals surface area contributed by atoms with E-state index in [1.807, 2.05) is 94.5 Å². The van der Waals surface area contributed by atoms with E-state index in [2.05, 4.69) is 10.8 Å². The third-order valence-corrected chi connectivity index (χ3v) is 2.38. The van der Waals surface area contributed by atoms with Gasteiger partial charge in [0, 0.05) is 5.39 Å². The molecule has 2 aromatic rings. The van der Waals surface area contributed by atoms with E-state index in [-0.39, 0.29) is 0 Å². The molecule has 1 aliphatic rings. The summed E-state index contributed by atoms with van der Waals surface area (Å²) >= 11 is 0. The minimum atomic E-state index is 0.730. The third kappa shape index (κ3) is 6.51. The van der Waals surface area contributed by atoms with Crippen molar-refractivity contribution in [2.24, 2.45) is 5.11 Å². The Bertz CT molecular complexity index is 603. The van der Waals surface area contributed by atoms with Crippen LogP contribution in [0.25, 0.3) is 10.8 Å². The van der Waals surface area contributed by atoms with Crippen LogP contribution in [0.1, 0.15) is 27.7 Å². The second-order valence-corrected chi connectivity index (χ2v) is 3.49. The number of allylic oxidation sites excluding steroid dienone is 3. The second kappa shape index (κ2) is 12.6. The summed E-state index contributed by atoms with van der Waals surface area (Å²) in [6.45, 7) is 8.00. The number of hydrogen-bond donors (Lipinski definition) is 1. The Morgan fingerprint density at radius 2 is 1.38 bits per heavy atom. The summed E-state index contributed by atoms with van der Waals surface area (Å²) in [5.41, 5.74) is 10.5. The molecular weight excluding hydrogens is 256 g/mol. The van der Waals surface area contributed by atoms with E-state index in [1.54, 1.807) is 0 Å². The highest BCUT2D eigenvalue weighted by Gasteiger charge is 1.96. The molecule has 0 fully saturated rings. The van der Waals surface area contributed by atoms with Crippen LogP contribution >= 0.6 is 0 Å². The Labute approximate surface area is 128 Å². The van der Waals surface area contributed by atoms with Gasteiger partial charge in [-0.2, -0.15) is 5.11 Å². The first-order chi connectivity index (χ1) is 10.4. The smallest absolute Gasteiger partial charge is 0.0928 e. The average Bonchev–Trinajstić information content (AvgIpc) is 3.18. The summed E-state index contributed by atoms with van der Waals surface area (Å²) in [7, 11) is 0. The standard InChI is InChI=1S/C10H8N2.C5H4.2C2H6/c11-12-10-7-3-5-8-4-1-2-6-9(8)10;1-2-4-5-3-1;2*1-2/h1-7,11H;1-4H;2*1-2H3. The average molecular weight is 280 g/mol. The third-order valence-electron chi connectivity index (χ3n) is 2.38. The van der Waals surface area contributed by atoms with Crippen LogP contribution in [0.2, 0.25) is 0 Å². The van der Waals surface area contributed by atoms with E-state index < -0.39 is 0 Å². The topological polar surface area (TPSA) is 36.2 Å². The fourth-order valence-electron chi connectivity index (χ4n) is 1.58. The van der Waals surface area contributed by atoms with E-state index in [0.717, 1.165) is 16.5 Å². The fourth-order valence-corrected chi connectivity index (χ4v) is 1.58. The summed E-state index contributed by atoms with van der Waals surface area (Å²) in [6, 6.07) is 13.7. The molecule has 0 amide bonds. The molecule has 1 aliphatic carbocycles. The molecule has 0 heterocycles. The maximum absolute atomic E-state index is 6.95. The molecule has 110 valence electrons. The van der Waals surface area contributed by atoms with Gasteiger partial charge < -0.3 is 0 Å². The Kier molecular flexibility index (Phi) is 11.1. The fraction of sp³-hybridized carbons (Fsp3) is 0.211. The first-order valence-electron chi connectivity index (χ1n) is 7.35. The van der Waals surface area contributed by atoms with Crippen molar-refractivity contribution in [1.29, 1.82) is 5.53 Å². The van der Waals surface area contributed by atoms with Crippen LogP contribution in [0.15, 0.2) is 77.6 Å². The lowest BCUT2D eigenvalue weighted by molar-refractivity contribution is 1.16. The zero-order chi connectivity index (χ0) is 15.9. The zero-order valence-electron chi connectivity index (χ0n) is 13.3. The van der Waals surface area contributed by atoms with E-state index in [4.69, 9.17) is 5.53 Å². The van der Waals surface area contributed by atoms with E-state index >= 15 is 0 Å². The molecule has 0 unspecified atom stereocenters. The number of fused-ring (bicyclic) bond motifs is 1. The van der Waals surface area contributed by atoms with Gasteiger partial charge >= 0.3 is 0 Å². The van der Waals surface area contributed by atoms with Crippen LogP contribution in [-0.4, -0.2) is 0 Å².